The molecule has 1 heterocycles. The Morgan fingerprint density at radius 3 is 2.89 bits per heavy atom. The molecule has 2 rings (SSSR count). The van der Waals surface area contributed by atoms with Gasteiger partial charge < -0.3 is 5.11 Å². The van der Waals surface area contributed by atoms with Gasteiger partial charge in [-0.1, -0.05) is 23.4 Å². The van der Waals surface area contributed by atoms with Crippen molar-refractivity contribution in [3.05, 3.63) is 47.1 Å². The molecule has 1 aromatic carbocycles. The van der Waals surface area contributed by atoms with Crippen LogP contribution in [0.25, 0.3) is 0 Å². The van der Waals surface area contributed by atoms with Crippen LogP contribution >= 0.6 is 23.4 Å². The second kappa shape index (κ2) is 5.32. The highest BCUT2D eigenvalue weighted by atomic mass is 35.5. The molecule has 4 nitrogen and oxygen atoms in total. The Morgan fingerprint density at radius 2 is 2.22 bits per heavy atom. The van der Waals surface area contributed by atoms with Crippen molar-refractivity contribution < 1.29 is 14.3 Å². The molecule has 0 radical (unpaired) electrons. The van der Waals surface area contributed by atoms with E-state index in [4.69, 9.17) is 16.7 Å². The zero-order chi connectivity index (χ0) is 13.1. The maximum absolute atomic E-state index is 13.6. The number of carboxylic acid groups (broad SMARTS) is 1. The zero-order valence-electron chi connectivity index (χ0n) is 8.80. The molecule has 0 atom stereocenters. The standard InChI is InChI=1S/C11H6ClFN2O2S/c12-7-4-14-5-15-10(7)18-9-3-6(11(16)17)1-2-8(9)13/h1-5H,(H,16,17). The third kappa shape index (κ3) is 2.77. The molecule has 18 heavy (non-hydrogen) atoms. The van der Waals surface area contributed by atoms with Gasteiger partial charge in [-0.05, 0) is 18.2 Å². The number of aromatic carboxylic acids is 1. The normalized spacial score (nSPS) is 10.3. The topological polar surface area (TPSA) is 63.1 Å². The summed E-state index contributed by atoms with van der Waals surface area (Å²) in [4.78, 5) is 18.6. The summed E-state index contributed by atoms with van der Waals surface area (Å²) >= 11 is 6.80. The van der Waals surface area contributed by atoms with E-state index in [0.29, 0.717) is 5.03 Å². The van der Waals surface area contributed by atoms with Gasteiger partial charge in [0.1, 0.15) is 17.2 Å². The van der Waals surface area contributed by atoms with Crippen molar-refractivity contribution in [1.29, 1.82) is 0 Å². The number of halogens is 2. The summed E-state index contributed by atoms with van der Waals surface area (Å²) in [5.74, 6) is -1.65. The van der Waals surface area contributed by atoms with Crippen LogP contribution in [0.3, 0.4) is 0 Å². The Hall–Kier alpha value is -1.66. The van der Waals surface area contributed by atoms with Crippen molar-refractivity contribution in [2.24, 2.45) is 0 Å². The largest absolute Gasteiger partial charge is 0.478 e. The summed E-state index contributed by atoms with van der Waals surface area (Å²) in [5.41, 5.74) is 0.00378. The molecule has 0 bridgehead atoms. The van der Waals surface area contributed by atoms with E-state index >= 15 is 0 Å². The highest BCUT2D eigenvalue weighted by Crippen LogP contribution is 2.32. The second-order valence-corrected chi connectivity index (χ2v) is 4.67. The lowest BCUT2D eigenvalue weighted by atomic mass is 10.2. The molecule has 0 aliphatic rings. The van der Waals surface area contributed by atoms with Crippen LogP contribution in [0, 0.1) is 5.82 Å². The number of carbonyl (C=O) groups is 1. The maximum Gasteiger partial charge on any atom is 0.335 e. The number of nitrogens with zero attached hydrogens (tertiary/aromatic N) is 2. The predicted molar refractivity (Wildman–Crippen MR) is 64.5 cm³/mol. The van der Waals surface area contributed by atoms with E-state index in [1.807, 2.05) is 0 Å². The van der Waals surface area contributed by atoms with Gasteiger partial charge in [-0.3, -0.25) is 0 Å². The first-order valence-corrected chi connectivity index (χ1v) is 5.93. The van der Waals surface area contributed by atoms with Crippen LogP contribution in [-0.4, -0.2) is 21.0 Å². The summed E-state index contributed by atoms with van der Waals surface area (Å²) in [6.45, 7) is 0. The fourth-order valence-electron chi connectivity index (χ4n) is 1.20. The van der Waals surface area contributed by atoms with Crippen molar-refractivity contribution in [2.75, 3.05) is 0 Å². The van der Waals surface area contributed by atoms with Gasteiger partial charge in [-0.25, -0.2) is 19.2 Å². The molecule has 0 amide bonds. The predicted octanol–water partition coefficient (Wildman–Crippen LogP) is 3.12. The van der Waals surface area contributed by atoms with Gasteiger partial charge in [0, 0.05) is 0 Å². The third-order valence-corrected chi connectivity index (χ3v) is 3.46. The number of rotatable bonds is 3. The first-order valence-electron chi connectivity index (χ1n) is 4.74. The van der Waals surface area contributed by atoms with Gasteiger partial charge in [0.25, 0.3) is 0 Å². The van der Waals surface area contributed by atoms with Gasteiger partial charge in [-0.15, -0.1) is 0 Å². The second-order valence-electron chi connectivity index (χ2n) is 3.23. The first kappa shape index (κ1) is 12.8. The molecule has 0 aliphatic heterocycles. The molecular formula is C11H6ClFN2O2S. The lowest BCUT2D eigenvalue weighted by Crippen LogP contribution is -1.97. The SMILES string of the molecule is O=C(O)c1ccc(F)c(Sc2ncncc2Cl)c1. The Labute approximate surface area is 111 Å². The van der Waals surface area contributed by atoms with Crippen molar-refractivity contribution in [3.8, 4) is 0 Å². The molecule has 92 valence electrons. The number of carboxylic acids is 1. The molecule has 0 saturated heterocycles. The molecular weight excluding hydrogens is 279 g/mol. The number of hydrogen-bond acceptors (Lipinski definition) is 4. The average molecular weight is 285 g/mol. The van der Waals surface area contributed by atoms with E-state index in [9.17, 15) is 9.18 Å². The molecule has 7 heteroatoms. The fraction of sp³-hybridized carbons (Fsp3) is 0. The van der Waals surface area contributed by atoms with Crippen LogP contribution in [0.1, 0.15) is 10.4 Å². The van der Waals surface area contributed by atoms with Gasteiger partial charge >= 0.3 is 5.97 Å². The van der Waals surface area contributed by atoms with E-state index in [1.165, 1.54) is 24.7 Å². The van der Waals surface area contributed by atoms with Crippen LogP contribution in [-0.2, 0) is 0 Å². The summed E-state index contributed by atoms with van der Waals surface area (Å²) < 4.78 is 13.6. The van der Waals surface area contributed by atoms with E-state index < -0.39 is 11.8 Å². The van der Waals surface area contributed by atoms with Crippen LogP contribution in [0.15, 0.2) is 40.6 Å². The van der Waals surface area contributed by atoms with Gasteiger partial charge in [0.05, 0.1) is 21.7 Å². The van der Waals surface area contributed by atoms with E-state index in [1.54, 1.807) is 0 Å². The molecule has 0 saturated carbocycles. The Kier molecular flexibility index (Phi) is 3.78. The Morgan fingerprint density at radius 1 is 1.44 bits per heavy atom. The number of hydrogen-bond donors (Lipinski definition) is 1. The van der Waals surface area contributed by atoms with E-state index in [-0.39, 0.29) is 15.5 Å². The molecule has 0 aliphatic carbocycles. The monoisotopic (exact) mass is 284 g/mol. The Bertz CT molecular complexity index is 609. The molecule has 1 N–H and O–H groups in total. The van der Waals surface area contributed by atoms with Crippen molar-refractivity contribution in [2.45, 2.75) is 9.92 Å². The number of aromatic nitrogens is 2. The van der Waals surface area contributed by atoms with E-state index in [2.05, 4.69) is 9.97 Å². The zero-order valence-corrected chi connectivity index (χ0v) is 10.4. The maximum atomic E-state index is 13.6. The first-order chi connectivity index (χ1) is 8.58. The molecule has 0 spiro atoms. The minimum Gasteiger partial charge on any atom is -0.478 e. The minimum atomic E-state index is -1.12. The van der Waals surface area contributed by atoms with Crippen molar-refractivity contribution in [1.82, 2.24) is 9.97 Å². The highest BCUT2D eigenvalue weighted by molar-refractivity contribution is 7.99. The van der Waals surface area contributed by atoms with Gasteiger partial charge in [-0.2, -0.15) is 0 Å². The smallest absolute Gasteiger partial charge is 0.335 e. The average Bonchev–Trinajstić information content (AvgIpc) is 2.34. The molecule has 0 fully saturated rings. The third-order valence-electron chi connectivity index (χ3n) is 2.02. The summed E-state index contributed by atoms with van der Waals surface area (Å²) in [6.07, 6.45) is 2.67. The van der Waals surface area contributed by atoms with Crippen molar-refractivity contribution in [3.63, 3.8) is 0 Å². The van der Waals surface area contributed by atoms with Gasteiger partial charge in [0.15, 0.2) is 0 Å². The molecule has 0 unspecified atom stereocenters. The lowest BCUT2D eigenvalue weighted by molar-refractivity contribution is 0.0696. The summed E-state index contributed by atoms with van der Waals surface area (Å²) in [5, 5.41) is 9.49. The quantitative estimate of drug-likeness (QED) is 0.878. The summed E-state index contributed by atoms with van der Waals surface area (Å²) in [7, 11) is 0. The van der Waals surface area contributed by atoms with Crippen LogP contribution in [0.5, 0.6) is 0 Å². The van der Waals surface area contributed by atoms with E-state index in [0.717, 1.165) is 17.8 Å². The molecule has 1 aromatic heterocycles. The van der Waals surface area contributed by atoms with Crippen LogP contribution in [0.2, 0.25) is 5.02 Å². The number of benzene rings is 1. The Balaban J connectivity index is 2.37. The van der Waals surface area contributed by atoms with Gasteiger partial charge in [0.2, 0.25) is 0 Å². The van der Waals surface area contributed by atoms with Crippen LogP contribution in [0.4, 0.5) is 4.39 Å². The molecule has 2 aromatic rings. The van der Waals surface area contributed by atoms with Crippen molar-refractivity contribution >= 4 is 29.3 Å². The van der Waals surface area contributed by atoms with Crippen LogP contribution < -0.4 is 0 Å². The lowest BCUT2D eigenvalue weighted by Gasteiger charge is -2.04. The summed E-state index contributed by atoms with van der Waals surface area (Å²) in [6, 6.07) is 3.53. The highest BCUT2D eigenvalue weighted by Gasteiger charge is 2.12. The fourth-order valence-corrected chi connectivity index (χ4v) is 2.23. The minimum absolute atomic E-state index is 0.00378.